The Morgan fingerprint density at radius 2 is 1.28 bits per heavy atom. The van der Waals surface area contributed by atoms with E-state index in [0.717, 1.165) is 45.9 Å². The zero-order chi connectivity index (χ0) is 19.6. The van der Waals surface area contributed by atoms with E-state index >= 15 is 0 Å². The summed E-state index contributed by atoms with van der Waals surface area (Å²) in [7, 11) is 1.77. The third-order valence-corrected chi connectivity index (χ3v) is 4.77. The Morgan fingerprint density at radius 3 is 1.52 bits per heavy atom. The Kier molecular flexibility index (Phi) is 37.9. The molecule has 5 heteroatoms. The maximum absolute atomic E-state index is 4.99. The van der Waals surface area contributed by atoms with Gasteiger partial charge in [-0.25, -0.2) is 0 Å². The monoisotopic (exact) mass is 388 g/mol. The van der Waals surface area contributed by atoms with Gasteiger partial charge in [0, 0.05) is 0 Å². The molecule has 0 saturated heterocycles. The third-order valence-electron chi connectivity index (χ3n) is 2.77. The van der Waals surface area contributed by atoms with E-state index in [1.165, 1.54) is 11.1 Å². The topological polar surface area (TPSA) is 51.5 Å². The molecule has 0 aromatic heterocycles. The van der Waals surface area contributed by atoms with Crippen molar-refractivity contribution in [2.45, 2.75) is 52.7 Å². The van der Waals surface area contributed by atoms with E-state index in [1.807, 2.05) is 41.5 Å². The Labute approximate surface area is 167 Å². The van der Waals surface area contributed by atoms with Crippen molar-refractivity contribution >= 4 is 0 Å². The van der Waals surface area contributed by atoms with Crippen molar-refractivity contribution in [2.75, 3.05) is 53.0 Å². The van der Waals surface area contributed by atoms with Crippen molar-refractivity contribution in [3.8, 4) is 0 Å². The van der Waals surface area contributed by atoms with Gasteiger partial charge < -0.3 is 16.0 Å². The first kappa shape index (κ1) is 29.8. The van der Waals surface area contributed by atoms with Gasteiger partial charge in [-0.05, 0) is 0 Å². The molecule has 0 N–H and O–H groups in total. The summed E-state index contributed by atoms with van der Waals surface area (Å²) in [5, 5.41) is 11.9. The van der Waals surface area contributed by atoms with Gasteiger partial charge in [0.25, 0.3) is 0 Å². The normalized spacial score (nSPS) is 11.1. The molecule has 0 amide bonds. The van der Waals surface area contributed by atoms with Crippen LogP contribution >= 0.6 is 0 Å². The fourth-order valence-electron chi connectivity index (χ4n) is 1.56. The third kappa shape index (κ3) is 35.9. The molecule has 0 fully saturated rings. The van der Waals surface area contributed by atoms with Crippen molar-refractivity contribution in [3.63, 3.8) is 0 Å². The molecule has 0 atom stereocenters. The first-order valence-corrected chi connectivity index (χ1v) is 11.5. The summed E-state index contributed by atoms with van der Waals surface area (Å²) >= 11 is 0.165. The number of hydrogen-bond acceptors (Lipinski definition) is 1. The molecular weight excluding hydrogens is 346 g/mol. The van der Waals surface area contributed by atoms with Gasteiger partial charge in [-0.3, -0.25) is 0 Å². The van der Waals surface area contributed by atoms with E-state index in [2.05, 4.69) is 34.2 Å². The molecule has 1 rings (SSSR count). The summed E-state index contributed by atoms with van der Waals surface area (Å²) < 4.78 is 7.93. The van der Waals surface area contributed by atoms with Crippen molar-refractivity contribution in [2.24, 2.45) is 0 Å². The molecule has 1 aliphatic rings. The summed E-state index contributed by atoms with van der Waals surface area (Å²) in [5.74, 6) is 0. The van der Waals surface area contributed by atoms with Crippen molar-refractivity contribution in [3.05, 3.63) is 38.1 Å². The van der Waals surface area contributed by atoms with Crippen LogP contribution in [0.4, 0.5) is 0 Å². The Balaban J connectivity index is -0.000000279. The first-order chi connectivity index (χ1) is 12.2. The molecule has 4 nitrogen and oxygen atoms in total. The van der Waals surface area contributed by atoms with Crippen molar-refractivity contribution in [1.82, 2.24) is 0 Å². The molecule has 0 saturated carbocycles. The first-order valence-electron chi connectivity index (χ1n) is 9.66. The fraction of sp³-hybridized carbons (Fsp3) is 0.800. The molecule has 1 aliphatic carbocycles. The Bertz CT molecular complexity index is 251. The quantitative estimate of drug-likeness (QED) is 0.326. The SMILES string of the molecule is CC[N-]CC.CC[N-]CC.CC[N-]CC.COC[CH2][Ti+3][C]1=CC=CC1. The van der Waals surface area contributed by atoms with Gasteiger partial charge in [-0.15, -0.1) is 0 Å². The van der Waals surface area contributed by atoms with Gasteiger partial charge in [0.05, 0.1) is 0 Å². The summed E-state index contributed by atoms with van der Waals surface area (Å²) in [6.45, 7) is 19.0. The van der Waals surface area contributed by atoms with Gasteiger partial charge >= 0.3 is 70.9 Å². The van der Waals surface area contributed by atoms with Crippen LogP contribution in [0, 0.1) is 0 Å². The van der Waals surface area contributed by atoms with Crippen LogP contribution in [0.3, 0.4) is 0 Å². The Morgan fingerprint density at radius 1 is 0.840 bits per heavy atom. The molecule has 0 aromatic rings. The summed E-state index contributed by atoms with van der Waals surface area (Å²) in [6.07, 6.45) is 7.86. The molecule has 0 unspecified atom stereocenters. The van der Waals surface area contributed by atoms with Crippen LogP contribution in [0.2, 0.25) is 4.73 Å². The minimum absolute atomic E-state index is 0.165. The van der Waals surface area contributed by atoms with Crippen molar-refractivity contribution < 1.29 is 23.9 Å². The zero-order valence-electron chi connectivity index (χ0n) is 17.8. The number of methoxy groups -OCH3 is 1. The van der Waals surface area contributed by atoms with E-state index in [0.29, 0.717) is 0 Å². The predicted octanol–water partition coefficient (Wildman–Crippen LogP) is 6.18. The second kappa shape index (κ2) is 31.8. The summed E-state index contributed by atoms with van der Waals surface area (Å²) in [6, 6.07) is 0. The predicted molar refractivity (Wildman–Crippen MR) is 112 cm³/mol. The van der Waals surface area contributed by atoms with Gasteiger partial charge in [-0.2, -0.15) is 39.3 Å². The number of nitrogens with zero attached hydrogens (tertiary/aromatic N) is 3. The maximum atomic E-state index is 4.99. The number of allylic oxidation sites excluding steroid dienone is 4. The minimum atomic E-state index is 0.165. The summed E-state index contributed by atoms with van der Waals surface area (Å²) in [4.78, 5) is 0. The van der Waals surface area contributed by atoms with E-state index in [9.17, 15) is 0 Å². The summed E-state index contributed by atoms with van der Waals surface area (Å²) in [5.41, 5.74) is 0. The van der Waals surface area contributed by atoms with Crippen LogP contribution in [0.5, 0.6) is 0 Å². The molecule has 25 heavy (non-hydrogen) atoms. The average molecular weight is 388 g/mol. The van der Waals surface area contributed by atoms with E-state index < -0.39 is 0 Å². The van der Waals surface area contributed by atoms with Gasteiger partial charge in [0.2, 0.25) is 0 Å². The molecule has 0 heterocycles. The van der Waals surface area contributed by atoms with Gasteiger partial charge in [0.15, 0.2) is 0 Å². The number of hydrogen-bond donors (Lipinski definition) is 0. The van der Waals surface area contributed by atoms with Crippen LogP contribution < -0.4 is 0 Å². The average Bonchev–Trinajstić information content (AvgIpc) is 3.13. The van der Waals surface area contributed by atoms with Gasteiger partial charge in [-0.1, -0.05) is 41.5 Å². The van der Waals surface area contributed by atoms with Crippen LogP contribution in [0.1, 0.15) is 48.0 Å². The van der Waals surface area contributed by atoms with E-state index in [4.69, 9.17) is 4.74 Å². The fourth-order valence-corrected chi connectivity index (χ4v) is 3.29. The van der Waals surface area contributed by atoms with Crippen LogP contribution in [0.15, 0.2) is 22.1 Å². The molecular formula is C20H42N3OTi. The molecule has 0 aromatic carbocycles. The molecule has 0 aliphatic heterocycles. The number of ether oxygens (including phenoxy) is 1. The standard InChI is InChI=1S/C5H5.3C4H10N.C3H7O.Ti/c1-2-4-5-3-1;3*1-3-5-4-2;1-3-4-2;/h1-3H,4H2;3*3-4H2,1-2H3;1,3H2,2H3;/q;3*-1;;+3. The molecule has 0 radical (unpaired) electrons. The van der Waals surface area contributed by atoms with E-state index in [-0.39, 0.29) is 19.2 Å². The van der Waals surface area contributed by atoms with Crippen LogP contribution in [-0.2, 0) is 23.9 Å². The Hall–Kier alpha value is 0.0343. The zero-order valence-corrected chi connectivity index (χ0v) is 19.4. The second-order valence-electron chi connectivity index (χ2n) is 4.81. The van der Waals surface area contributed by atoms with Crippen LogP contribution in [0.25, 0.3) is 16.0 Å². The molecule has 0 bridgehead atoms. The van der Waals surface area contributed by atoms with Crippen LogP contribution in [-0.4, -0.2) is 53.0 Å². The molecule has 147 valence electrons. The second-order valence-corrected chi connectivity index (χ2v) is 7.15. The van der Waals surface area contributed by atoms with Gasteiger partial charge in [0.1, 0.15) is 0 Å². The molecule has 0 spiro atoms. The van der Waals surface area contributed by atoms with E-state index in [1.54, 1.807) is 11.0 Å². The van der Waals surface area contributed by atoms with Crippen molar-refractivity contribution in [1.29, 1.82) is 0 Å². The number of rotatable bonds is 10.